The number of aliphatic carboxylic acids is 1. The van der Waals surface area contributed by atoms with Gasteiger partial charge in [-0.05, 0) is 56.2 Å². The second-order valence-electron chi connectivity index (χ2n) is 10.1. The van der Waals surface area contributed by atoms with E-state index in [1.165, 1.54) is 0 Å². The first-order valence-corrected chi connectivity index (χ1v) is 12.5. The van der Waals surface area contributed by atoms with Gasteiger partial charge in [-0.15, -0.1) is 0 Å². The fraction of sp³-hybridized carbons (Fsp3) is 0.414. The molecule has 7 heteroatoms. The van der Waals surface area contributed by atoms with E-state index in [1.54, 1.807) is 0 Å². The number of aryl methyl sites for hydroxylation is 1. The summed E-state index contributed by atoms with van der Waals surface area (Å²) < 4.78 is 18.1. The number of carboxylic acid groups (broad SMARTS) is 1. The zero-order valence-electron chi connectivity index (χ0n) is 20.7. The number of ether oxygens (including phenoxy) is 2. The number of carboxylic acids is 1. The lowest BCUT2D eigenvalue weighted by Crippen LogP contribution is -2.51. The fourth-order valence-corrected chi connectivity index (χ4v) is 5.65. The molecule has 2 aliphatic heterocycles. The van der Waals surface area contributed by atoms with Crippen molar-refractivity contribution < 1.29 is 28.7 Å². The third-order valence-electron chi connectivity index (χ3n) is 7.84. The van der Waals surface area contributed by atoms with Crippen molar-refractivity contribution in [3.05, 3.63) is 88.3 Å². The van der Waals surface area contributed by atoms with E-state index < -0.39 is 5.97 Å². The molecule has 3 aromatic rings. The number of hydrogen-bond donors (Lipinski definition) is 1. The Kier molecular flexibility index (Phi) is 6.43. The fourth-order valence-electron chi connectivity index (χ4n) is 5.65. The van der Waals surface area contributed by atoms with E-state index in [1.807, 2.05) is 68.4 Å². The Morgan fingerprint density at radius 2 is 1.72 bits per heavy atom. The van der Waals surface area contributed by atoms with Gasteiger partial charge < -0.3 is 19.1 Å². The van der Waals surface area contributed by atoms with E-state index in [0.29, 0.717) is 12.3 Å². The molecule has 2 aromatic carbocycles. The maximum absolute atomic E-state index is 12.9. The average molecular weight is 490 g/mol. The number of nitrogens with zero attached hydrogens (tertiary/aromatic N) is 1. The molecule has 7 nitrogen and oxygen atoms in total. The highest BCUT2D eigenvalue weighted by molar-refractivity contribution is 5.73. The molecule has 1 saturated carbocycles. The lowest BCUT2D eigenvalue weighted by atomic mass is 9.62. The van der Waals surface area contributed by atoms with E-state index in [9.17, 15) is 9.59 Å². The Bertz CT molecular complexity index is 1220. The van der Waals surface area contributed by atoms with Crippen LogP contribution in [0.25, 0.3) is 0 Å². The summed E-state index contributed by atoms with van der Waals surface area (Å²) in [6, 6.07) is 17.4. The molecule has 188 valence electrons. The van der Waals surface area contributed by atoms with Gasteiger partial charge in [0.1, 0.15) is 11.9 Å². The molecular weight excluding hydrogens is 458 g/mol. The Morgan fingerprint density at radius 3 is 2.33 bits per heavy atom. The summed E-state index contributed by atoms with van der Waals surface area (Å²) in [5, 5.41) is 13.2. The number of benzene rings is 2. The maximum Gasteiger partial charge on any atom is 0.311 e. The van der Waals surface area contributed by atoms with Crippen LogP contribution < -0.4 is 0 Å². The van der Waals surface area contributed by atoms with Gasteiger partial charge in [-0.3, -0.25) is 9.59 Å². The summed E-state index contributed by atoms with van der Waals surface area (Å²) in [4.78, 5) is 23.9. The summed E-state index contributed by atoms with van der Waals surface area (Å²) in [7, 11) is 0. The largest absolute Gasteiger partial charge is 0.481 e. The zero-order valence-corrected chi connectivity index (χ0v) is 20.7. The molecule has 1 atom stereocenters. The highest BCUT2D eigenvalue weighted by Gasteiger charge is 2.54. The van der Waals surface area contributed by atoms with Crippen LogP contribution in [-0.2, 0) is 42.9 Å². The number of esters is 1. The van der Waals surface area contributed by atoms with Crippen LogP contribution in [0.2, 0.25) is 0 Å². The van der Waals surface area contributed by atoms with Crippen molar-refractivity contribution in [3.8, 4) is 0 Å². The van der Waals surface area contributed by atoms with Crippen molar-refractivity contribution >= 4 is 11.9 Å². The number of carbonyl (C=O) groups is 2. The summed E-state index contributed by atoms with van der Waals surface area (Å²) in [6.07, 6.45) is 3.15. The van der Waals surface area contributed by atoms with Gasteiger partial charge in [0, 0.05) is 5.56 Å². The van der Waals surface area contributed by atoms with E-state index >= 15 is 0 Å². The molecule has 0 amide bonds. The van der Waals surface area contributed by atoms with Crippen LogP contribution in [0.15, 0.2) is 59.1 Å². The van der Waals surface area contributed by atoms with Gasteiger partial charge in [0.15, 0.2) is 0 Å². The minimum atomic E-state index is -0.839. The highest BCUT2D eigenvalue weighted by atomic mass is 16.5. The van der Waals surface area contributed by atoms with Crippen molar-refractivity contribution in [3.63, 3.8) is 0 Å². The smallest absolute Gasteiger partial charge is 0.311 e. The number of rotatable bonds is 8. The first kappa shape index (κ1) is 24.3. The molecule has 3 aliphatic rings. The van der Waals surface area contributed by atoms with Crippen LogP contribution in [0.4, 0.5) is 0 Å². The Labute approximate surface area is 210 Å². The summed E-state index contributed by atoms with van der Waals surface area (Å²) in [5.74, 6) is -0.401. The molecule has 2 bridgehead atoms. The molecule has 1 aromatic heterocycles. The monoisotopic (exact) mass is 489 g/mol. The van der Waals surface area contributed by atoms with Crippen molar-refractivity contribution in [1.29, 1.82) is 0 Å². The van der Waals surface area contributed by atoms with Crippen LogP contribution in [0.5, 0.6) is 0 Å². The molecule has 0 radical (unpaired) electrons. The van der Waals surface area contributed by atoms with Gasteiger partial charge in [-0.2, -0.15) is 0 Å². The van der Waals surface area contributed by atoms with Gasteiger partial charge in [-0.1, -0.05) is 59.8 Å². The second-order valence-corrected chi connectivity index (χ2v) is 10.1. The summed E-state index contributed by atoms with van der Waals surface area (Å²) in [6.45, 7) is 4.22. The SMILES string of the molecule is Cc1noc(C23CCC(c4ccc(CC(=O)O)cc4)(CC2)OC3)c1CC(=O)O[C@H](C)c1ccccc1. The van der Waals surface area contributed by atoms with Gasteiger partial charge in [-0.25, -0.2) is 0 Å². The minimum absolute atomic E-state index is 0.0113. The van der Waals surface area contributed by atoms with E-state index in [-0.39, 0.29) is 35.9 Å². The van der Waals surface area contributed by atoms with Crippen LogP contribution in [0.1, 0.15) is 72.4 Å². The van der Waals surface area contributed by atoms with Crippen molar-refractivity contribution in [1.82, 2.24) is 5.16 Å². The standard InChI is InChI=1S/C29H31NO6/c1-19-24(17-26(33)35-20(2)22-6-4-3-5-7-22)27(36-30-19)28-12-14-29(15-13-28,34-18-28)23-10-8-21(9-11-23)16-25(31)32/h3-11,20H,12-18H2,1-2H3,(H,31,32)/t20-,28?,29?/m1/s1. The molecule has 0 spiro atoms. The molecule has 2 saturated heterocycles. The topological polar surface area (TPSA) is 98.9 Å². The van der Waals surface area contributed by atoms with Crippen molar-refractivity contribution in [2.24, 2.45) is 0 Å². The predicted octanol–water partition coefficient (Wildman–Crippen LogP) is 5.19. The van der Waals surface area contributed by atoms with E-state index in [0.717, 1.165) is 53.7 Å². The molecule has 3 fully saturated rings. The van der Waals surface area contributed by atoms with Crippen LogP contribution in [0.3, 0.4) is 0 Å². The van der Waals surface area contributed by atoms with Crippen LogP contribution >= 0.6 is 0 Å². The first-order chi connectivity index (χ1) is 17.3. The Balaban J connectivity index is 1.29. The van der Waals surface area contributed by atoms with Gasteiger partial charge >= 0.3 is 11.9 Å². The molecule has 1 aliphatic carbocycles. The molecule has 3 heterocycles. The normalized spacial score (nSPS) is 23.8. The van der Waals surface area contributed by atoms with Crippen molar-refractivity contribution in [2.45, 2.75) is 69.5 Å². The minimum Gasteiger partial charge on any atom is -0.481 e. The molecule has 1 N–H and O–H groups in total. The Hall–Kier alpha value is -3.45. The van der Waals surface area contributed by atoms with Crippen LogP contribution in [0, 0.1) is 6.92 Å². The maximum atomic E-state index is 12.9. The predicted molar refractivity (Wildman–Crippen MR) is 131 cm³/mol. The lowest BCUT2D eigenvalue weighted by molar-refractivity contribution is -0.168. The summed E-state index contributed by atoms with van der Waals surface area (Å²) >= 11 is 0. The molecular formula is C29H31NO6. The van der Waals surface area contributed by atoms with Crippen LogP contribution in [-0.4, -0.2) is 28.8 Å². The van der Waals surface area contributed by atoms with E-state index in [4.69, 9.17) is 19.1 Å². The quantitative estimate of drug-likeness (QED) is 0.435. The number of hydrogen-bond acceptors (Lipinski definition) is 6. The Morgan fingerprint density at radius 1 is 1.03 bits per heavy atom. The molecule has 0 unspecified atom stereocenters. The van der Waals surface area contributed by atoms with Gasteiger partial charge in [0.05, 0.1) is 36.2 Å². The first-order valence-electron chi connectivity index (χ1n) is 12.5. The van der Waals surface area contributed by atoms with Gasteiger partial charge in [0.25, 0.3) is 0 Å². The van der Waals surface area contributed by atoms with Gasteiger partial charge in [0.2, 0.25) is 0 Å². The van der Waals surface area contributed by atoms with E-state index in [2.05, 4.69) is 5.16 Å². The van der Waals surface area contributed by atoms with Crippen molar-refractivity contribution in [2.75, 3.05) is 6.61 Å². The third-order valence-corrected chi connectivity index (χ3v) is 7.84. The molecule has 6 rings (SSSR count). The average Bonchev–Trinajstić information content (AvgIpc) is 3.26. The number of fused-ring (bicyclic) bond motifs is 3. The number of carbonyl (C=O) groups excluding carboxylic acids is 1. The lowest BCUT2D eigenvalue weighted by Gasteiger charge is -2.52. The number of aromatic nitrogens is 1. The summed E-state index contributed by atoms with van der Waals surface area (Å²) in [5.41, 5.74) is 3.63. The molecule has 36 heavy (non-hydrogen) atoms. The highest BCUT2D eigenvalue weighted by Crippen LogP contribution is 2.55. The second kappa shape index (κ2) is 9.54. The third kappa shape index (κ3) is 4.55. The zero-order chi connectivity index (χ0) is 25.3.